The van der Waals surface area contributed by atoms with Gasteiger partial charge in [-0.05, 0) is 51.4 Å². The van der Waals surface area contributed by atoms with E-state index in [-0.39, 0.29) is 32.1 Å². The minimum Gasteiger partial charge on any atom is -0.462 e. The van der Waals surface area contributed by atoms with E-state index in [0.717, 1.165) is 238 Å². The van der Waals surface area contributed by atoms with E-state index in [1.54, 1.807) is 0 Å². The lowest BCUT2D eigenvalue weighted by molar-refractivity contribution is -0.298. The first-order valence-corrected chi connectivity index (χ1v) is 47.3. The summed E-state index contributed by atoms with van der Waals surface area (Å²) in [6, 6.07) is -3.50. The third-order valence-electron chi connectivity index (χ3n) is 22.1. The Bertz CT molecular complexity index is 2480. The van der Waals surface area contributed by atoms with Crippen molar-refractivity contribution in [2.24, 2.45) is 0 Å². The first-order chi connectivity index (χ1) is 54.6. The standard InChI is InChI=1S/C88H164N2O22S/c1-7-13-19-25-31-35-41-45-51-57-69(92)63-75(94)89-81-85(110-79(98)64-70(93)58-52-46-42-36-32-26-20-14-8-2)83(100)74(108-87(81)101)68-105-88-82(90-76(95)65-71(59-53-47-43-37-33-27-21-15-9-3)106-77(96)61-55-49-39-29-23-17-11-5)86(84(73(67-91)109-88)112-113(102,103)104)111-80(99)66-72(60-54-48-44-38-34-28-22-16-10-4)107-78(97)62-56-50-40-30-24-18-12-6/h69-74,81-88,91-93,100-101H,7-68H2,1-6H3,(H,89,94)(H,90,95)(H,102,103,104). The van der Waals surface area contributed by atoms with E-state index >= 15 is 0 Å². The number of ether oxygens (including phenoxy) is 7. The van der Waals surface area contributed by atoms with Gasteiger partial charge in [-0.3, -0.25) is 33.3 Å². The van der Waals surface area contributed by atoms with Gasteiger partial charge in [0.2, 0.25) is 11.8 Å². The van der Waals surface area contributed by atoms with E-state index in [4.69, 9.17) is 37.3 Å². The molecule has 0 aromatic carbocycles. The molecule has 0 saturated carbocycles. The van der Waals surface area contributed by atoms with E-state index in [1.807, 2.05) is 0 Å². The Morgan fingerprint density at radius 1 is 0.372 bits per heavy atom. The molecule has 2 amide bonds. The smallest absolute Gasteiger partial charge is 0.397 e. The molecule has 24 nitrogen and oxygen atoms in total. The third-order valence-corrected chi connectivity index (χ3v) is 22.6. The normalized spacial score (nSPS) is 21.0. The minimum absolute atomic E-state index is 0.0995. The highest BCUT2D eigenvalue weighted by Gasteiger charge is 2.54. The summed E-state index contributed by atoms with van der Waals surface area (Å²) in [4.78, 5) is 84.9. The summed E-state index contributed by atoms with van der Waals surface area (Å²) in [5.41, 5.74) is 0. The van der Waals surface area contributed by atoms with Crippen LogP contribution in [0.25, 0.3) is 0 Å². The molecule has 0 aliphatic carbocycles. The number of hydrogen-bond donors (Lipinski definition) is 8. The van der Waals surface area contributed by atoms with Crippen LogP contribution < -0.4 is 10.6 Å². The number of rotatable bonds is 76. The number of amides is 2. The number of aliphatic hydroxyl groups is 5. The van der Waals surface area contributed by atoms with Gasteiger partial charge in [0, 0.05) is 12.8 Å². The summed E-state index contributed by atoms with van der Waals surface area (Å²) in [7, 11) is -5.52. The molecule has 2 aliphatic heterocycles. The van der Waals surface area contributed by atoms with Gasteiger partial charge in [0.1, 0.15) is 48.7 Å². The van der Waals surface area contributed by atoms with Crippen molar-refractivity contribution in [1.82, 2.24) is 10.6 Å². The second kappa shape index (κ2) is 69.2. The van der Waals surface area contributed by atoms with Gasteiger partial charge in [-0.2, -0.15) is 8.42 Å². The summed E-state index contributed by atoms with van der Waals surface area (Å²) in [6.45, 7) is 11.1. The van der Waals surface area contributed by atoms with Crippen LogP contribution in [-0.4, -0.2) is 173 Å². The molecule has 0 radical (unpaired) electrons. The van der Waals surface area contributed by atoms with Gasteiger partial charge in [0.25, 0.3) is 0 Å². The van der Waals surface area contributed by atoms with Gasteiger partial charge in [0.05, 0.1) is 51.1 Å². The SMILES string of the molecule is CCCCCCCCCCCC(O)CC(=O)NC1C(O)OC(COC2OC(CO)C(OS(=O)(=O)O)C(OC(=O)CC(CCCCCCCCCCC)OC(=O)CCCCCCCCC)C2NC(=O)CC(CCCCCCCCCCC)OC(=O)CCCCCCCCC)C(O)C1OC(=O)CC(O)CCCCCCCCCCC. The molecule has 2 heterocycles. The van der Waals surface area contributed by atoms with Crippen LogP contribution in [0.1, 0.15) is 427 Å². The lowest BCUT2D eigenvalue weighted by Gasteiger charge is -2.46. The fourth-order valence-electron chi connectivity index (χ4n) is 15.3. The van der Waals surface area contributed by atoms with Gasteiger partial charge in [-0.15, -0.1) is 0 Å². The Morgan fingerprint density at radius 2 is 0.699 bits per heavy atom. The maximum absolute atomic E-state index is 15.0. The second-order valence-corrected chi connectivity index (χ2v) is 33.8. The summed E-state index contributed by atoms with van der Waals surface area (Å²) in [5.74, 6) is -4.65. The lowest BCUT2D eigenvalue weighted by Crippen LogP contribution is -2.68. The Morgan fingerprint density at radius 3 is 1.09 bits per heavy atom. The highest BCUT2D eigenvalue weighted by molar-refractivity contribution is 7.80. The molecule has 2 aliphatic rings. The molecule has 8 N–H and O–H groups in total. The van der Waals surface area contributed by atoms with Crippen molar-refractivity contribution < 1.29 is 105 Å². The molecule has 2 rings (SSSR count). The van der Waals surface area contributed by atoms with Crippen LogP contribution >= 0.6 is 0 Å². The van der Waals surface area contributed by atoms with Crippen LogP contribution in [0.2, 0.25) is 0 Å². The number of aliphatic hydroxyl groups excluding tert-OH is 5. The number of carbonyl (C=O) groups excluding carboxylic acids is 6. The Balaban J connectivity index is 2.73. The Hall–Kier alpha value is -3.63. The van der Waals surface area contributed by atoms with E-state index in [9.17, 15) is 67.3 Å². The zero-order chi connectivity index (χ0) is 83.0. The molecule has 0 aromatic heterocycles. The van der Waals surface area contributed by atoms with E-state index in [0.29, 0.717) is 44.9 Å². The maximum atomic E-state index is 15.0. The van der Waals surface area contributed by atoms with Crippen molar-refractivity contribution in [3.8, 4) is 0 Å². The van der Waals surface area contributed by atoms with Crippen molar-refractivity contribution in [1.29, 1.82) is 0 Å². The second-order valence-electron chi connectivity index (χ2n) is 32.8. The van der Waals surface area contributed by atoms with Crippen molar-refractivity contribution in [2.75, 3.05) is 13.2 Å². The fraction of sp³-hybridized carbons (Fsp3) is 0.932. The average molecular weight is 1630 g/mol. The van der Waals surface area contributed by atoms with Gasteiger partial charge < -0.3 is 69.3 Å². The zero-order valence-electron chi connectivity index (χ0n) is 71.5. The predicted molar refractivity (Wildman–Crippen MR) is 441 cm³/mol. The van der Waals surface area contributed by atoms with Gasteiger partial charge >= 0.3 is 34.3 Å². The van der Waals surface area contributed by atoms with E-state index in [2.05, 4.69) is 52.2 Å². The van der Waals surface area contributed by atoms with Gasteiger partial charge in [0.15, 0.2) is 24.8 Å². The third kappa shape index (κ3) is 54.2. The number of nitrogens with one attached hydrogen (secondary N) is 2. The molecule has 25 heteroatoms. The molecule has 113 heavy (non-hydrogen) atoms. The van der Waals surface area contributed by atoms with Crippen molar-refractivity contribution in [3.63, 3.8) is 0 Å². The predicted octanol–water partition coefficient (Wildman–Crippen LogP) is 17.9. The minimum atomic E-state index is -5.52. The summed E-state index contributed by atoms with van der Waals surface area (Å²) in [6.07, 6.45) is 29.9. The molecular formula is C88H164N2O22S. The first-order valence-electron chi connectivity index (χ1n) is 45.9. The number of esters is 4. The highest BCUT2D eigenvalue weighted by Crippen LogP contribution is 2.33. The monoisotopic (exact) mass is 1630 g/mol. The van der Waals surface area contributed by atoms with Crippen LogP contribution in [0.15, 0.2) is 0 Å². The molecule has 0 aromatic rings. The quantitative estimate of drug-likeness (QED) is 0.0121. The average Bonchev–Trinajstić information content (AvgIpc) is 0.782. The lowest BCUT2D eigenvalue weighted by atomic mass is 9.95. The molecule has 14 unspecified atom stereocenters. The van der Waals surface area contributed by atoms with Crippen molar-refractivity contribution in [3.05, 3.63) is 0 Å². The fourth-order valence-corrected chi connectivity index (χ4v) is 15.8. The van der Waals surface area contributed by atoms with Crippen LogP contribution in [-0.2, 0) is 76.5 Å². The van der Waals surface area contributed by atoms with Crippen LogP contribution in [0, 0.1) is 0 Å². The summed E-state index contributed by atoms with van der Waals surface area (Å²) in [5, 5.41) is 62.9. The molecule has 14 atom stereocenters. The number of carbonyl (C=O) groups is 6. The maximum Gasteiger partial charge on any atom is 0.397 e. The summed E-state index contributed by atoms with van der Waals surface area (Å²) < 4.78 is 84.5. The molecule has 664 valence electrons. The number of unbranched alkanes of at least 4 members (excludes halogenated alkanes) is 44. The number of hydrogen-bond acceptors (Lipinski definition) is 21. The van der Waals surface area contributed by atoms with Crippen molar-refractivity contribution in [2.45, 2.75) is 512 Å². The molecular weight excluding hydrogens is 1470 g/mol. The van der Waals surface area contributed by atoms with Crippen LogP contribution in [0.5, 0.6) is 0 Å². The van der Waals surface area contributed by atoms with E-state index in [1.165, 1.54) is 44.9 Å². The molecule has 2 saturated heterocycles. The van der Waals surface area contributed by atoms with Crippen LogP contribution in [0.3, 0.4) is 0 Å². The molecule has 0 bridgehead atoms. The van der Waals surface area contributed by atoms with Crippen molar-refractivity contribution >= 4 is 46.1 Å². The molecule has 0 spiro atoms. The van der Waals surface area contributed by atoms with E-state index < -0.39 is 171 Å². The largest absolute Gasteiger partial charge is 0.462 e. The van der Waals surface area contributed by atoms with Gasteiger partial charge in [-0.25, -0.2) is 4.18 Å². The highest BCUT2D eigenvalue weighted by atomic mass is 32.3. The Labute approximate surface area is 683 Å². The first kappa shape index (κ1) is 105. The Kier molecular flexibility index (Phi) is 64.6. The topological polar surface area (TPSA) is 356 Å². The van der Waals surface area contributed by atoms with Gasteiger partial charge in [-0.1, -0.05) is 337 Å². The molecule has 2 fully saturated rings. The summed E-state index contributed by atoms with van der Waals surface area (Å²) >= 11 is 0. The zero-order valence-corrected chi connectivity index (χ0v) is 72.4. The van der Waals surface area contributed by atoms with Crippen LogP contribution in [0.4, 0.5) is 0 Å².